The summed E-state index contributed by atoms with van der Waals surface area (Å²) in [7, 11) is 1.58. The number of anilines is 1. The molecule has 1 atom stereocenters. The Balaban J connectivity index is 2.03. The van der Waals surface area contributed by atoms with E-state index in [0.717, 1.165) is 5.56 Å². The van der Waals surface area contributed by atoms with Crippen LogP contribution in [0, 0.1) is 13.8 Å². The van der Waals surface area contributed by atoms with Crippen molar-refractivity contribution in [2.75, 3.05) is 12.4 Å². The highest BCUT2D eigenvalue weighted by atomic mass is 16.5. The zero-order chi connectivity index (χ0) is 16.1. The van der Waals surface area contributed by atoms with Gasteiger partial charge in [0, 0.05) is 0 Å². The van der Waals surface area contributed by atoms with Gasteiger partial charge in [-0.25, -0.2) is 4.79 Å². The Morgan fingerprint density at radius 2 is 1.82 bits per heavy atom. The number of para-hydroxylation sites is 2. The number of nitrogens with one attached hydrogen (secondary N) is 2. The molecule has 0 bridgehead atoms. The van der Waals surface area contributed by atoms with Crippen molar-refractivity contribution < 1.29 is 9.53 Å². The molecule has 2 N–H and O–H groups in total. The Labute approximate surface area is 131 Å². The van der Waals surface area contributed by atoms with Gasteiger partial charge in [-0.2, -0.15) is 0 Å². The van der Waals surface area contributed by atoms with Crippen LogP contribution in [0.25, 0.3) is 0 Å². The first-order valence-corrected chi connectivity index (χ1v) is 7.29. The molecule has 0 radical (unpaired) electrons. The van der Waals surface area contributed by atoms with Crippen molar-refractivity contribution >= 4 is 11.7 Å². The Kier molecular flexibility index (Phi) is 5.04. The summed E-state index contributed by atoms with van der Waals surface area (Å²) in [4.78, 5) is 12.1. The standard InChI is InChI=1S/C18H22N2O2/c1-12-9-10-15(11-13(12)2)14(3)19-18(21)20-16-7-5-6-8-17(16)22-4/h5-11,14H,1-4H3,(H2,19,20,21)/t14-/m0/s1. The molecule has 0 heterocycles. The van der Waals surface area contributed by atoms with E-state index in [0.29, 0.717) is 11.4 Å². The molecule has 0 spiro atoms. The Morgan fingerprint density at radius 3 is 2.50 bits per heavy atom. The zero-order valence-corrected chi connectivity index (χ0v) is 13.4. The third-order valence-corrected chi connectivity index (χ3v) is 3.73. The predicted molar refractivity (Wildman–Crippen MR) is 89.5 cm³/mol. The Bertz CT molecular complexity index is 668. The van der Waals surface area contributed by atoms with Gasteiger partial charge >= 0.3 is 6.03 Å². The summed E-state index contributed by atoms with van der Waals surface area (Å²) in [6, 6.07) is 13.2. The van der Waals surface area contributed by atoms with Crippen LogP contribution in [-0.2, 0) is 0 Å². The van der Waals surface area contributed by atoms with Crippen molar-refractivity contribution in [1.29, 1.82) is 0 Å². The van der Waals surface area contributed by atoms with Gasteiger partial charge in [-0.05, 0) is 49.6 Å². The van der Waals surface area contributed by atoms with Gasteiger partial charge in [0.25, 0.3) is 0 Å². The maximum Gasteiger partial charge on any atom is 0.319 e. The first-order chi connectivity index (χ1) is 10.5. The van der Waals surface area contributed by atoms with Crippen LogP contribution in [0.4, 0.5) is 10.5 Å². The molecule has 2 rings (SSSR count). The van der Waals surface area contributed by atoms with E-state index in [-0.39, 0.29) is 12.1 Å². The lowest BCUT2D eigenvalue weighted by Crippen LogP contribution is -2.31. The number of carbonyl (C=O) groups is 1. The number of carbonyl (C=O) groups excluding carboxylic acids is 1. The molecule has 2 aromatic rings. The zero-order valence-electron chi connectivity index (χ0n) is 13.4. The molecule has 22 heavy (non-hydrogen) atoms. The smallest absolute Gasteiger partial charge is 0.319 e. The summed E-state index contributed by atoms with van der Waals surface area (Å²) in [6.07, 6.45) is 0. The number of benzene rings is 2. The SMILES string of the molecule is COc1ccccc1NC(=O)N[C@@H](C)c1ccc(C)c(C)c1. The summed E-state index contributed by atoms with van der Waals surface area (Å²) in [5.41, 5.74) is 4.19. The van der Waals surface area contributed by atoms with Gasteiger partial charge in [0.1, 0.15) is 5.75 Å². The fraction of sp³-hybridized carbons (Fsp3) is 0.278. The van der Waals surface area contributed by atoms with Crippen LogP contribution in [0.15, 0.2) is 42.5 Å². The second kappa shape index (κ2) is 6.98. The molecule has 0 unspecified atom stereocenters. The summed E-state index contributed by atoms with van der Waals surface area (Å²) in [5, 5.41) is 5.75. The van der Waals surface area contributed by atoms with Crippen LogP contribution in [0.2, 0.25) is 0 Å². The quantitative estimate of drug-likeness (QED) is 0.889. The lowest BCUT2D eigenvalue weighted by molar-refractivity contribution is 0.249. The molecule has 0 aliphatic carbocycles. The minimum Gasteiger partial charge on any atom is -0.495 e. The van der Waals surface area contributed by atoms with Crippen molar-refractivity contribution in [2.24, 2.45) is 0 Å². The lowest BCUT2D eigenvalue weighted by Gasteiger charge is -2.17. The molecule has 116 valence electrons. The van der Waals surface area contributed by atoms with E-state index in [1.807, 2.05) is 31.2 Å². The van der Waals surface area contributed by atoms with Crippen molar-refractivity contribution in [3.05, 3.63) is 59.2 Å². The topological polar surface area (TPSA) is 50.4 Å². The van der Waals surface area contributed by atoms with Crippen LogP contribution >= 0.6 is 0 Å². The van der Waals surface area contributed by atoms with E-state index in [2.05, 4.69) is 36.6 Å². The minimum atomic E-state index is -0.254. The molecule has 0 fully saturated rings. The van der Waals surface area contributed by atoms with Gasteiger partial charge in [0.2, 0.25) is 0 Å². The third kappa shape index (κ3) is 3.79. The van der Waals surface area contributed by atoms with Crippen molar-refractivity contribution in [1.82, 2.24) is 5.32 Å². The van der Waals surface area contributed by atoms with E-state index in [1.54, 1.807) is 13.2 Å². The molecular formula is C18H22N2O2. The van der Waals surface area contributed by atoms with Gasteiger partial charge in [-0.15, -0.1) is 0 Å². The first-order valence-electron chi connectivity index (χ1n) is 7.29. The lowest BCUT2D eigenvalue weighted by atomic mass is 10.0. The Hall–Kier alpha value is -2.49. The van der Waals surface area contributed by atoms with E-state index in [1.165, 1.54) is 11.1 Å². The summed E-state index contributed by atoms with van der Waals surface area (Å²) in [5.74, 6) is 0.636. The van der Waals surface area contributed by atoms with Gasteiger partial charge < -0.3 is 15.4 Å². The number of urea groups is 1. The molecule has 0 aliphatic rings. The fourth-order valence-corrected chi connectivity index (χ4v) is 2.22. The second-order valence-corrected chi connectivity index (χ2v) is 5.36. The number of amides is 2. The molecule has 2 aromatic carbocycles. The van der Waals surface area contributed by atoms with Crippen molar-refractivity contribution in [3.63, 3.8) is 0 Å². The first kappa shape index (κ1) is 15.9. The maximum atomic E-state index is 12.1. The molecule has 4 nitrogen and oxygen atoms in total. The van der Waals surface area contributed by atoms with E-state index in [4.69, 9.17) is 4.74 Å². The molecule has 0 aliphatic heterocycles. The van der Waals surface area contributed by atoms with Crippen molar-refractivity contribution in [2.45, 2.75) is 26.8 Å². The second-order valence-electron chi connectivity index (χ2n) is 5.36. The predicted octanol–water partition coefficient (Wildman–Crippen LogP) is 4.19. The highest BCUT2D eigenvalue weighted by Crippen LogP contribution is 2.23. The average Bonchev–Trinajstić information content (AvgIpc) is 2.50. The van der Waals surface area contributed by atoms with E-state index in [9.17, 15) is 4.79 Å². The van der Waals surface area contributed by atoms with Gasteiger partial charge in [0.15, 0.2) is 0 Å². The number of hydrogen-bond acceptors (Lipinski definition) is 2. The fourth-order valence-electron chi connectivity index (χ4n) is 2.22. The van der Waals surface area contributed by atoms with E-state index >= 15 is 0 Å². The molecule has 2 amide bonds. The van der Waals surface area contributed by atoms with Gasteiger partial charge in [-0.3, -0.25) is 0 Å². The monoisotopic (exact) mass is 298 g/mol. The minimum absolute atomic E-state index is 0.0750. The number of aryl methyl sites for hydroxylation is 2. The summed E-state index contributed by atoms with van der Waals surface area (Å²) in [6.45, 7) is 6.11. The normalized spacial score (nSPS) is 11.6. The molecular weight excluding hydrogens is 276 g/mol. The average molecular weight is 298 g/mol. The van der Waals surface area contributed by atoms with Gasteiger partial charge in [0.05, 0.1) is 18.8 Å². The molecule has 4 heteroatoms. The maximum absolute atomic E-state index is 12.1. The number of ether oxygens (including phenoxy) is 1. The number of methoxy groups -OCH3 is 1. The molecule has 0 aromatic heterocycles. The largest absolute Gasteiger partial charge is 0.495 e. The van der Waals surface area contributed by atoms with Crippen LogP contribution in [-0.4, -0.2) is 13.1 Å². The van der Waals surface area contributed by atoms with Gasteiger partial charge in [-0.1, -0.05) is 30.3 Å². The van der Waals surface area contributed by atoms with Crippen LogP contribution < -0.4 is 15.4 Å². The number of rotatable bonds is 4. The van der Waals surface area contributed by atoms with Crippen LogP contribution in [0.3, 0.4) is 0 Å². The summed E-state index contributed by atoms with van der Waals surface area (Å²) >= 11 is 0. The van der Waals surface area contributed by atoms with E-state index < -0.39 is 0 Å². The molecule has 0 saturated carbocycles. The third-order valence-electron chi connectivity index (χ3n) is 3.73. The highest BCUT2D eigenvalue weighted by molar-refractivity contribution is 5.91. The Morgan fingerprint density at radius 1 is 1.09 bits per heavy atom. The van der Waals surface area contributed by atoms with Crippen molar-refractivity contribution in [3.8, 4) is 5.75 Å². The molecule has 0 saturated heterocycles. The number of hydrogen-bond donors (Lipinski definition) is 2. The summed E-state index contributed by atoms with van der Waals surface area (Å²) < 4.78 is 5.22. The highest BCUT2D eigenvalue weighted by Gasteiger charge is 2.11. The van der Waals surface area contributed by atoms with Crippen LogP contribution in [0.5, 0.6) is 5.75 Å². The van der Waals surface area contributed by atoms with Crippen LogP contribution in [0.1, 0.15) is 29.7 Å².